The van der Waals surface area contributed by atoms with Crippen molar-refractivity contribution >= 4 is 21.6 Å². The molecule has 126 valence electrons. The summed E-state index contributed by atoms with van der Waals surface area (Å²) in [4.78, 5) is 7.05. The summed E-state index contributed by atoms with van der Waals surface area (Å²) in [7, 11) is 5.45. The molecule has 4 nitrogen and oxygen atoms in total. The lowest BCUT2D eigenvalue weighted by Crippen LogP contribution is -2.22. The van der Waals surface area contributed by atoms with Crippen LogP contribution in [-0.2, 0) is 6.54 Å². The van der Waals surface area contributed by atoms with Crippen LogP contribution >= 0.6 is 11.3 Å². The van der Waals surface area contributed by atoms with Crippen LogP contribution in [0.3, 0.4) is 0 Å². The van der Waals surface area contributed by atoms with Crippen LogP contribution in [0.2, 0.25) is 0 Å². The standard InChI is InChI=1S/C19H22N2O2S/c1-13(19-20-15-9-5-6-11-17(15)24-19)21(2)12-14-8-7-10-16(22-3)18(14)23-4/h5-11,13H,12H2,1-4H3. The van der Waals surface area contributed by atoms with Crippen molar-refractivity contribution in [3.05, 3.63) is 53.0 Å². The minimum Gasteiger partial charge on any atom is -0.493 e. The fraction of sp³-hybridized carbons (Fsp3) is 0.316. The summed E-state index contributed by atoms with van der Waals surface area (Å²) >= 11 is 1.75. The number of aromatic nitrogens is 1. The fourth-order valence-electron chi connectivity index (χ4n) is 2.74. The van der Waals surface area contributed by atoms with Gasteiger partial charge in [0, 0.05) is 12.1 Å². The molecule has 1 unspecified atom stereocenters. The van der Waals surface area contributed by atoms with E-state index in [2.05, 4.69) is 43.1 Å². The minimum atomic E-state index is 0.221. The van der Waals surface area contributed by atoms with Gasteiger partial charge in [-0.05, 0) is 32.2 Å². The average molecular weight is 342 g/mol. The zero-order valence-corrected chi connectivity index (χ0v) is 15.3. The molecule has 0 bridgehead atoms. The molecule has 24 heavy (non-hydrogen) atoms. The van der Waals surface area contributed by atoms with Gasteiger partial charge in [-0.25, -0.2) is 4.98 Å². The smallest absolute Gasteiger partial charge is 0.165 e. The third kappa shape index (κ3) is 3.23. The maximum absolute atomic E-state index is 5.54. The molecule has 0 aliphatic heterocycles. The highest BCUT2D eigenvalue weighted by atomic mass is 32.1. The first-order chi connectivity index (χ1) is 11.6. The number of hydrogen-bond acceptors (Lipinski definition) is 5. The van der Waals surface area contributed by atoms with E-state index < -0.39 is 0 Å². The van der Waals surface area contributed by atoms with Gasteiger partial charge in [0.2, 0.25) is 0 Å². The highest BCUT2D eigenvalue weighted by molar-refractivity contribution is 7.18. The number of methoxy groups -OCH3 is 2. The Morgan fingerprint density at radius 1 is 1.08 bits per heavy atom. The van der Waals surface area contributed by atoms with Gasteiger partial charge in [0.05, 0.1) is 30.5 Å². The molecule has 1 heterocycles. The third-order valence-corrected chi connectivity index (χ3v) is 5.44. The Hall–Kier alpha value is -2.11. The van der Waals surface area contributed by atoms with Gasteiger partial charge in [-0.3, -0.25) is 4.90 Å². The molecule has 1 aromatic heterocycles. The molecule has 0 amide bonds. The second-order valence-corrected chi connectivity index (χ2v) is 6.83. The van der Waals surface area contributed by atoms with E-state index in [1.165, 1.54) is 4.70 Å². The lowest BCUT2D eigenvalue weighted by molar-refractivity contribution is 0.247. The summed E-state index contributed by atoms with van der Waals surface area (Å²) in [6, 6.07) is 14.5. The summed E-state index contributed by atoms with van der Waals surface area (Å²) in [5, 5.41) is 1.13. The molecule has 0 aliphatic rings. The summed E-state index contributed by atoms with van der Waals surface area (Å²) < 4.78 is 12.2. The monoisotopic (exact) mass is 342 g/mol. The molecule has 0 fully saturated rings. The van der Waals surface area contributed by atoms with Gasteiger partial charge in [0.1, 0.15) is 5.01 Å². The number of thiazole rings is 1. The highest BCUT2D eigenvalue weighted by Gasteiger charge is 2.19. The van der Waals surface area contributed by atoms with Crippen molar-refractivity contribution in [2.75, 3.05) is 21.3 Å². The molecule has 5 heteroatoms. The number of benzene rings is 2. The van der Waals surface area contributed by atoms with Crippen LogP contribution in [0.5, 0.6) is 11.5 Å². The number of rotatable bonds is 6. The predicted octanol–water partition coefficient (Wildman–Crippen LogP) is 4.51. The Labute approximate surface area is 146 Å². The first kappa shape index (κ1) is 16.7. The van der Waals surface area contributed by atoms with Gasteiger partial charge in [-0.15, -0.1) is 11.3 Å². The van der Waals surface area contributed by atoms with Gasteiger partial charge in [0.25, 0.3) is 0 Å². The molecule has 3 rings (SSSR count). The molecule has 1 atom stereocenters. The largest absolute Gasteiger partial charge is 0.493 e. The molecule has 0 spiro atoms. The van der Waals surface area contributed by atoms with Crippen molar-refractivity contribution in [3.8, 4) is 11.5 Å². The van der Waals surface area contributed by atoms with Crippen molar-refractivity contribution in [2.24, 2.45) is 0 Å². The van der Waals surface area contributed by atoms with Crippen molar-refractivity contribution in [3.63, 3.8) is 0 Å². The molecule has 0 N–H and O–H groups in total. The van der Waals surface area contributed by atoms with Crippen LogP contribution in [0.4, 0.5) is 0 Å². The van der Waals surface area contributed by atoms with Crippen molar-refractivity contribution in [1.29, 1.82) is 0 Å². The average Bonchev–Trinajstić information content (AvgIpc) is 3.04. The summed E-state index contributed by atoms with van der Waals surface area (Å²) in [5.41, 5.74) is 2.17. The summed E-state index contributed by atoms with van der Waals surface area (Å²) in [6.07, 6.45) is 0. The predicted molar refractivity (Wildman–Crippen MR) is 99.0 cm³/mol. The molecule has 2 aromatic carbocycles. The van der Waals surface area contributed by atoms with E-state index >= 15 is 0 Å². The van der Waals surface area contributed by atoms with Gasteiger partial charge < -0.3 is 9.47 Å². The van der Waals surface area contributed by atoms with E-state index in [-0.39, 0.29) is 6.04 Å². The second kappa shape index (κ2) is 7.20. The number of nitrogens with zero attached hydrogens (tertiary/aromatic N) is 2. The zero-order valence-electron chi connectivity index (χ0n) is 14.4. The topological polar surface area (TPSA) is 34.6 Å². The second-order valence-electron chi connectivity index (χ2n) is 5.76. The van der Waals surface area contributed by atoms with E-state index in [1.807, 2.05) is 18.2 Å². The van der Waals surface area contributed by atoms with Crippen LogP contribution in [0, 0.1) is 0 Å². The van der Waals surface area contributed by atoms with Gasteiger partial charge >= 0.3 is 0 Å². The Bertz CT molecular complexity index is 798. The van der Waals surface area contributed by atoms with E-state index in [0.29, 0.717) is 0 Å². The van der Waals surface area contributed by atoms with Gasteiger partial charge in [0.15, 0.2) is 11.5 Å². The van der Waals surface area contributed by atoms with E-state index in [1.54, 1.807) is 25.6 Å². The lowest BCUT2D eigenvalue weighted by atomic mass is 10.1. The van der Waals surface area contributed by atoms with Crippen LogP contribution < -0.4 is 9.47 Å². The Morgan fingerprint density at radius 3 is 2.58 bits per heavy atom. The van der Waals surface area contributed by atoms with Crippen LogP contribution in [-0.4, -0.2) is 31.2 Å². The molecule has 0 radical (unpaired) electrons. The van der Waals surface area contributed by atoms with Crippen molar-refractivity contribution in [1.82, 2.24) is 9.88 Å². The number of para-hydroxylation sites is 2. The Morgan fingerprint density at radius 2 is 1.88 bits per heavy atom. The molecule has 0 saturated heterocycles. The van der Waals surface area contributed by atoms with Crippen molar-refractivity contribution in [2.45, 2.75) is 19.5 Å². The maximum atomic E-state index is 5.54. The summed E-state index contributed by atoms with van der Waals surface area (Å²) in [5.74, 6) is 1.55. The SMILES string of the molecule is COc1cccc(CN(C)C(C)c2nc3ccccc3s2)c1OC. The highest BCUT2D eigenvalue weighted by Crippen LogP contribution is 2.34. The van der Waals surface area contributed by atoms with Crippen LogP contribution in [0.25, 0.3) is 10.2 Å². The first-order valence-corrected chi connectivity index (χ1v) is 8.71. The molecular formula is C19H22N2O2S. The minimum absolute atomic E-state index is 0.221. The summed E-state index contributed by atoms with van der Waals surface area (Å²) in [6.45, 7) is 2.95. The van der Waals surface area contributed by atoms with Gasteiger partial charge in [-0.1, -0.05) is 24.3 Å². The quantitative estimate of drug-likeness (QED) is 0.660. The molecule has 0 saturated carbocycles. The normalized spacial score (nSPS) is 12.5. The number of fused-ring (bicyclic) bond motifs is 1. The first-order valence-electron chi connectivity index (χ1n) is 7.89. The van der Waals surface area contributed by atoms with E-state index in [9.17, 15) is 0 Å². The number of ether oxygens (including phenoxy) is 2. The Balaban J connectivity index is 1.82. The maximum Gasteiger partial charge on any atom is 0.165 e. The van der Waals surface area contributed by atoms with Crippen LogP contribution in [0.15, 0.2) is 42.5 Å². The zero-order chi connectivity index (χ0) is 17.1. The van der Waals surface area contributed by atoms with E-state index in [4.69, 9.17) is 14.5 Å². The van der Waals surface area contributed by atoms with Crippen molar-refractivity contribution < 1.29 is 9.47 Å². The lowest BCUT2D eigenvalue weighted by Gasteiger charge is -2.24. The Kier molecular flexibility index (Phi) is 5.02. The van der Waals surface area contributed by atoms with Gasteiger partial charge in [-0.2, -0.15) is 0 Å². The number of hydrogen-bond donors (Lipinski definition) is 0. The van der Waals surface area contributed by atoms with E-state index in [0.717, 1.165) is 34.1 Å². The molecule has 0 aliphatic carbocycles. The molecular weight excluding hydrogens is 320 g/mol. The molecule has 3 aromatic rings. The van der Waals surface area contributed by atoms with Crippen LogP contribution in [0.1, 0.15) is 23.5 Å². The third-order valence-electron chi connectivity index (χ3n) is 4.23. The fourth-order valence-corrected chi connectivity index (χ4v) is 3.83.